The van der Waals surface area contributed by atoms with Crippen LogP contribution in [0.5, 0.6) is 0 Å². The molecule has 2 aromatic rings. The summed E-state index contributed by atoms with van der Waals surface area (Å²) in [5.41, 5.74) is 2.56. The van der Waals surface area contributed by atoms with Crippen LogP contribution in [0.25, 0.3) is 0 Å². The molecule has 94 valence electrons. The summed E-state index contributed by atoms with van der Waals surface area (Å²) >= 11 is 0. The summed E-state index contributed by atoms with van der Waals surface area (Å²) < 4.78 is 1.62. The zero-order valence-corrected chi connectivity index (χ0v) is 10.6. The highest BCUT2D eigenvalue weighted by atomic mass is 16.2. The summed E-state index contributed by atoms with van der Waals surface area (Å²) in [7, 11) is 1.79. The zero-order valence-electron chi connectivity index (χ0n) is 10.6. The monoisotopic (exact) mass is 245 g/mol. The van der Waals surface area contributed by atoms with Crippen LogP contribution in [0.1, 0.15) is 11.3 Å². The number of aryl methyl sites for hydroxylation is 3. The average Bonchev–Trinajstić information content (AvgIpc) is 2.61. The van der Waals surface area contributed by atoms with Crippen LogP contribution in [0, 0.1) is 13.8 Å². The molecule has 0 aliphatic rings. The Morgan fingerprint density at radius 3 is 2.67 bits per heavy atom. The molecule has 0 fully saturated rings. The standard InChI is InChI=1S/C12H15N5O/c1-8-4-9(2)14-11(5-8)16-12(18)15-10-6-13-17(3)7-10/h4-7H,1-3H3,(H2,14,15,16,18). The van der Waals surface area contributed by atoms with E-state index in [-0.39, 0.29) is 6.03 Å². The van der Waals surface area contributed by atoms with Crippen LogP contribution in [-0.4, -0.2) is 20.8 Å². The third-order valence-electron chi connectivity index (χ3n) is 2.30. The quantitative estimate of drug-likeness (QED) is 0.850. The van der Waals surface area contributed by atoms with Gasteiger partial charge in [0.25, 0.3) is 0 Å². The van der Waals surface area contributed by atoms with Crippen molar-refractivity contribution in [3.8, 4) is 0 Å². The first kappa shape index (κ1) is 12.1. The highest BCUT2D eigenvalue weighted by Crippen LogP contribution is 2.10. The van der Waals surface area contributed by atoms with Gasteiger partial charge in [0.2, 0.25) is 0 Å². The Bertz CT molecular complexity index is 555. The van der Waals surface area contributed by atoms with Gasteiger partial charge in [0, 0.05) is 18.9 Å². The number of amides is 2. The fourth-order valence-electron chi connectivity index (χ4n) is 1.67. The van der Waals surface area contributed by atoms with Crippen LogP contribution in [0.2, 0.25) is 0 Å². The third kappa shape index (κ3) is 3.07. The second kappa shape index (κ2) is 4.87. The first-order chi connectivity index (χ1) is 8.52. The molecule has 0 radical (unpaired) electrons. The van der Waals surface area contributed by atoms with Crippen molar-refractivity contribution < 1.29 is 4.79 Å². The van der Waals surface area contributed by atoms with E-state index >= 15 is 0 Å². The van der Waals surface area contributed by atoms with Crippen LogP contribution in [0.3, 0.4) is 0 Å². The van der Waals surface area contributed by atoms with E-state index in [2.05, 4.69) is 20.7 Å². The van der Waals surface area contributed by atoms with Crippen molar-refractivity contribution in [1.29, 1.82) is 0 Å². The molecule has 2 amide bonds. The van der Waals surface area contributed by atoms with E-state index in [1.807, 2.05) is 26.0 Å². The molecule has 0 saturated carbocycles. The number of urea groups is 1. The number of carbonyl (C=O) groups is 1. The summed E-state index contributed by atoms with van der Waals surface area (Å²) in [5.74, 6) is 0.536. The Kier molecular flexibility index (Phi) is 3.27. The lowest BCUT2D eigenvalue weighted by Crippen LogP contribution is -2.20. The van der Waals surface area contributed by atoms with Crippen molar-refractivity contribution >= 4 is 17.5 Å². The predicted molar refractivity (Wildman–Crippen MR) is 69.6 cm³/mol. The fraction of sp³-hybridized carbons (Fsp3) is 0.250. The van der Waals surface area contributed by atoms with Gasteiger partial charge in [-0.1, -0.05) is 0 Å². The summed E-state index contributed by atoms with van der Waals surface area (Å²) in [4.78, 5) is 15.9. The van der Waals surface area contributed by atoms with E-state index in [4.69, 9.17) is 0 Å². The number of nitrogens with zero attached hydrogens (tertiary/aromatic N) is 3. The molecule has 0 saturated heterocycles. The maximum absolute atomic E-state index is 11.7. The Hall–Kier alpha value is -2.37. The lowest BCUT2D eigenvalue weighted by molar-refractivity contribution is 0.262. The highest BCUT2D eigenvalue weighted by molar-refractivity contribution is 5.98. The van der Waals surface area contributed by atoms with E-state index in [0.717, 1.165) is 11.3 Å². The smallest absolute Gasteiger partial charge is 0.305 e. The molecule has 0 spiro atoms. The van der Waals surface area contributed by atoms with E-state index in [0.29, 0.717) is 11.5 Å². The van der Waals surface area contributed by atoms with Crippen LogP contribution < -0.4 is 10.6 Å². The molecule has 2 heterocycles. The summed E-state index contributed by atoms with van der Waals surface area (Å²) in [5, 5.41) is 9.32. The van der Waals surface area contributed by atoms with E-state index in [1.54, 1.807) is 24.1 Å². The molecule has 18 heavy (non-hydrogen) atoms. The Morgan fingerprint density at radius 2 is 2.06 bits per heavy atom. The Labute approximate surface area is 105 Å². The second-order valence-electron chi connectivity index (χ2n) is 4.15. The largest absolute Gasteiger partial charge is 0.324 e. The van der Waals surface area contributed by atoms with Gasteiger partial charge >= 0.3 is 6.03 Å². The van der Waals surface area contributed by atoms with Crippen molar-refractivity contribution in [1.82, 2.24) is 14.8 Å². The van der Waals surface area contributed by atoms with Crippen molar-refractivity contribution in [2.75, 3.05) is 10.6 Å². The van der Waals surface area contributed by atoms with Gasteiger partial charge in [-0.3, -0.25) is 10.00 Å². The summed E-state index contributed by atoms with van der Waals surface area (Å²) in [6.45, 7) is 3.84. The predicted octanol–water partition coefficient (Wildman–Crippen LogP) is 2.08. The first-order valence-electron chi connectivity index (χ1n) is 5.55. The average molecular weight is 245 g/mol. The maximum Gasteiger partial charge on any atom is 0.324 e. The molecule has 6 heteroatoms. The molecular weight excluding hydrogens is 230 g/mol. The van der Waals surface area contributed by atoms with Crippen molar-refractivity contribution in [3.05, 3.63) is 35.8 Å². The lowest BCUT2D eigenvalue weighted by atomic mass is 10.2. The van der Waals surface area contributed by atoms with E-state index in [9.17, 15) is 4.79 Å². The fourth-order valence-corrected chi connectivity index (χ4v) is 1.67. The summed E-state index contributed by atoms with van der Waals surface area (Å²) in [6, 6.07) is 3.43. The van der Waals surface area contributed by atoms with Gasteiger partial charge in [-0.25, -0.2) is 9.78 Å². The third-order valence-corrected chi connectivity index (χ3v) is 2.30. The minimum atomic E-state index is -0.333. The molecule has 2 N–H and O–H groups in total. The van der Waals surface area contributed by atoms with Gasteiger partial charge < -0.3 is 5.32 Å². The number of pyridine rings is 1. The number of hydrogen-bond acceptors (Lipinski definition) is 3. The molecule has 0 aliphatic heterocycles. The molecule has 0 bridgehead atoms. The molecule has 0 unspecified atom stereocenters. The first-order valence-corrected chi connectivity index (χ1v) is 5.55. The number of rotatable bonds is 2. The van der Waals surface area contributed by atoms with Gasteiger partial charge in [-0.15, -0.1) is 0 Å². The molecule has 0 aliphatic carbocycles. The van der Waals surface area contributed by atoms with Crippen molar-refractivity contribution in [2.24, 2.45) is 7.05 Å². The number of anilines is 2. The highest BCUT2D eigenvalue weighted by Gasteiger charge is 2.05. The van der Waals surface area contributed by atoms with E-state index < -0.39 is 0 Å². The van der Waals surface area contributed by atoms with E-state index in [1.165, 1.54) is 0 Å². The number of nitrogens with one attached hydrogen (secondary N) is 2. The minimum Gasteiger partial charge on any atom is -0.305 e. The maximum atomic E-state index is 11.7. The normalized spacial score (nSPS) is 10.2. The van der Waals surface area contributed by atoms with Crippen LogP contribution in [0.15, 0.2) is 24.5 Å². The van der Waals surface area contributed by atoms with Crippen LogP contribution in [0.4, 0.5) is 16.3 Å². The van der Waals surface area contributed by atoms with Crippen molar-refractivity contribution in [3.63, 3.8) is 0 Å². The van der Waals surface area contributed by atoms with Gasteiger partial charge in [0.15, 0.2) is 0 Å². The van der Waals surface area contributed by atoms with Crippen molar-refractivity contribution in [2.45, 2.75) is 13.8 Å². The van der Waals surface area contributed by atoms with Gasteiger partial charge in [0.1, 0.15) is 5.82 Å². The lowest BCUT2D eigenvalue weighted by Gasteiger charge is -2.06. The molecule has 0 atom stereocenters. The molecule has 0 aromatic carbocycles. The molecule has 2 rings (SSSR count). The topological polar surface area (TPSA) is 71.8 Å². The zero-order chi connectivity index (χ0) is 13.1. The second-order valence-corrected chi connectivity index (χ2v) is 4.15. The number of carbonyl (C=O) groups excluding carboxylic acids is 1. The van der Waals surface area contributed by atoms with Gasteiger partial charge in [-0.2, -0.15) is 5.10 Å². The molecule has 6 nitrogen and oxygen atoms in total. The molecular formula is C12H15N5O. The van der Waals surface area contributed by atoms with Crippen LogP contribution >= 0.6 is 0 Å². The minimum absolute atomic E-state index is 0.333. The Balaban J connectivity index is 2.02. The Morgan fingerprint density at radius 1 is 1.28 bits per heavy atom. The summed E-state index contributed by atoms with van der Waals surface area (Å²) in [6.07, 6.45) is 3.29. The molecule has 2 aromatic heterocycles. The SMILES string of the molecule is Cc1cc(C)nc(NC(=O)Nc2cnn(C)c2)c1. The number of aromatic nitrogens is 3. The van der Waals surface area contributed by atoms with Crippen LogP contribution in [-0.2, 0) is 7.05 Å². The van der Waals surface area contributed by atoms with Gasteiger partial charge in [-0.05, 0) is 31.5 Å². The number of hydrogen-bond donors (Lipinski definition) is 2. The van der Waals surface area contributed by atoms with Gasteiger partial charge in [0.05, 0.1) is 11.9 Å².